The number of hydrogen-bond donors (Lipinski definition) is 2. The minimum atomic E-state index is -0.0333. The largest absolute Gasteiger partial charge is 0.497 e. The molecule has 0 aromatic heterocycles. The molecule has 0 spiro atoms. The van der Waals surface area contributed by atoms with Gasteiger partial charge in [-0.1, -0.05) is 12.1 Å². The van der Waals surface area contributed by atoms with E-state index in [0.29, 0.717) is 13.0 Å². The van der Waals surface area contributed by atoms with Crippen LogP contribution in [0.3, 0.4) is 0 Å². The SMILES string of the molecule is COc1ccc(C[NH+](C)CC(=O)Nc2ccc(CC#N)cc2)cc1. The van der Waals surface area contributed by atoms with Crippen LogP contribution in [0.5, 0.6) is 5.75 Å². The first-order valence-corrected chi connectivity index (χ1v) is 7.80. The number of rotatable bonds is 7. The average molecular weight is 324 g/mol. The molecule has 0 saturated heterocycles. The summed E-state index contributed by atoms with van der Waals surface area (Å²) in [6, 6.07) is 17.3. The number of carbonyl (C=O) groups is 1. The van der Waals surface area contributed by atoms with Crippen molar-refractivity contribution in [3.05, 3.63) is 59.7 Å². The van der Waals surface area contributed by atoms with Gasteiger partial charge in [-0.25, -0.2) is 0 Å². The van der Waals surface area contributed by atoms with E-state index in [0.717, 1.165) is 34.0 Å². The molecule has 0 radical (unpaired) electrons. The summed E-state index contributed by atoms with van der Waals surface area (Å²) in [5.74, 6) is 0.794. The van der Waals surface area contributed by atoms with E-state index in [9.17, 15) is 4.79 Å². The highest BCUT2D eigenvalue weighted by Gasteiger charge is 2.11. The van der Waals surface area contributed by atoms with Crippen molar-refractivity contribution >= 4 is 11.6 Å². The van der Waals surface area contributed by atoms with Gasteiger partial charge in [0.05, 0.1) is 26.6 Å². The molecule has 5 nitrogen and oxygen atoms in total. The smallest absolute Gasteiger partial charge is 0.279 e. The number of anilines is 1. The van der Waals surface area contributed by atoms with Crippen LogP contribution in [0.15, 0.2) is 48.5 Å². The van der Waals surface area contributed by atoms with Crippen LogP contribution in [0.25, 0.3) is 0 Å². The van der Waals surface area contributed by atoms with Crippen LogP contribution in [0.4, 0.5) is 5.69 Å². The summed E-state index contributed by atoms with van der Waals surface area (Å²) < 4.78 is 5.14. The molecule has 2 aromatic rings. The van der Waals surface area contributed by atoms with Gasteiger partial charge in [-0.2, -0.15) is 5.26 Å². The summed E-state index contributed by atoms with van der Waals surface area (Å²) in [4.78, 5) is 13.2. The average Bonchev–Trinajstić information content (AvgIpc) is 2.57. The molecule has 0 bridgehead atoms. The van der Waals surface area contributed by atoms with Gasteiger partial charge >= 0.3 is 0 Å². The maximum Gasteiger partial charge on any atom is 0.279 e. The van der Waals surface area contributed by atoms with Gasteiger partial charge in [0.15, 0.2) is 6.54 Å². The van der Waals surface area contributed by atoms with Crippen molar-refractivity contribution in [1.82, 2.24) is 0 Å². The number of carbonyl (C=O) groups excluding carboxylic acids is 1. The van der Waals surface area contributed by atoms with Crippen LogP contribution in [0.2, 0.25) is 0 Å². The molecule has 2 N–H and O–H groups in total. The summed E-state index contributed by atoms with van der Waals surface area (Å²) >= 11 is 0. The summed E-state index contributed by atoms with van der Waals surface area (Å²) in [6.07, 6.45) is 0.378. The number of benzene rings is 2. The molecule has 1 unspecified atom stereocenters. The Morgan fingerprint density at radius 1 is 1.12 bits per heavy atom. The van der Waals surface area contributed by atoms with Gasteiger partial charge < -0.3 is 15.0 Å². The highest BCUT2D eigenvalue weighted by Crippen LogP contribution is 2.11. The molecule has 0 aliphatic rings. The van der Waals surface area contributed by atoms with Gasteiger partial charge in [0, 0.05) is 11.3 Å². The Kier molecular flexibility index (Phi) is 6.35. The zero-order valence-corrected chi connectivity index (χ0v) is 14.0. The Balaban J connectivity index is 1.83. The van der Waals surface area contributed by atoms with Crippen LogP contribution >= 0.6 is 0 Å². The number of hydrogen-bond acceptors (Lipinski definition) is 3. The Labute approximate surface area is 142 Å². The van der Waals surface area contributed by atoms with Gasteiger partial charge in [0.2, 0.25) is 0 Å². The molecule has 0 fully saturated rings. The first-order valence-electron chi connectivity index (χ1n) is 7.80. The standard InChI is InChI=1S/C19H21N3O2/c1-22(13-16-5-9-18(24-2)10-6-16)14-19(23)21-17-7-3-15(4-8-17)11-12-20/h3-10H,11,13-14H2,1-2H3,(H,21,23)/p+1. The topological polar surface area (TPSA) is 66.6 Å². The van der Waals surface area contributed by atoms with Gasteiger partial charge in [-0.3, -0.25) is 4.79 Å². The number of nitrogens with zero attached hydrogens (tertiary/aromatic N) is 1. The Morgan fingerprint density at radius 2 is 1.75 bits per heavy atom. The lowest BCUT2D eigenvalue weighted by Crippen LogP contribution is -3.08. The second-order valence-corrected chi connectivity index (χ2v) is 5.74. The predicted octanol–water partition coefficient (Wildman–Crippen LogP) is 1.41. The lowest BCUT2D eigenvalue weighted by atomic mass is 10.1. The van der Waals surface area contributed by atoms with E-state index in [2.05, 4.69) is 11.4 Å². The van der Waals surface area contributed by atoms with Crippen LogP contribution < -0.4 is 15.0 Å². The molecule has 1 amide bonds. The molecule has 2 rings (SSSR count). The van der Waals surface area contributed by atoms with Crippen molar-refractivity contribution in [1.29, 1.82) is 5.26 Å². The number of methoxy groups -OCH3 is 1. The molecule has 0 heterocycles. The Bertz CT molecular complexity index is 703. The van der Waals surface area contributed by atoms with Crippen LogP contribution in [0.1, 0.15) is 11.1 Å². The van der Waals surface area contributed by atoms with E-state index >= 15 is 0 Å². The molecular formula is C19H22N3O2+. The number of quaternary nitrogens is 1. The van der Waals surface area contributed by atoms with Gasteiger partial charge in [-0.15, -0.1) is 0 Å². The maximum atomic E-state index is 12.1. The third-order valence-corrected chi connectivity index (χ3v) is 3.65. The first kappa shape index (κ1) is 17.5. The van der Waals surface area contributed by atoms with Crippen molar-refractivity contribution in [3.63, 3.8) is 0 Å². The second kappa shape index (κ2) is 8.70. The van der Waals surface area contributed by atoms with E-state index in [1.165, 1.54) is 0 Å². The molecule has 1 atom stereocenters. The van der Waals surface area contributed by atoms with Gasteiger partial charge in [0.25, 0.3) is 5.91 Å². The number of ether oxygens (including phenoxy) is 1. The third kappa shape index (κ3) is 5.41. The minimum Gasteiger partial charge on any atom is -0.497 e. The number of likely N-dealkylation sites (N-methyl/N-ethyl adjacent to an activating group) is 1. The van der Waals surface area contributed by atoms with Gasteiger partial charge in [0.1, 0.15) is 12.3 Å². The van der Waals surface area contributed by atoms with Crippen molar-refractivity contribution in [2.75, 3.05) is 26.0 Å². The number of nitrogens with one attached hydrogen (secondary N) is 2. The Morgan fingerprint density at radius 3 is 2.33 bits per heavy atom. The highest BCUT2D eigenvalue weighted by molar-refractivity contribution is 5.91. The molecule has 0 saturated carbocycles. The van der Waals surface area contributed by atoms with E-state index in [-0.39, 0.29) is 5.91 Å². The molecule has 5 heteroatoms. The molecule has 0 aliphatic carbocycles. The van der Waals surface area contributed by atoms with E-state index in [1.54, 1.807) is 7.11 Å². The second-order valence-electron chi connectivity index (χ2n) is 5.74. The van der Waals surface area contributed by atoms with Crippen LogP contribution in [-0.2, 0) is 17.8 Å². The third-order valence-electron chi connectivity index (χ3n) is 3.65. The lowest BCUT2D eigenvalue weighted by molar-refractivity contribution is -0.885. The molecule has 24 heavy (non-hydrogen) atoms. The molecular weight excluding hydrogens is 302 g/mol. The fourth-order valence-corrected chi connectivity index (χ4v) is 2.43. The summed E-state index contributed by atoms with van der Waals surface area (Å²) in [6.45, 7) is 1.14. The van der Waals surface area contributed by atoms with Crippen molar-refractivity contribution < 1.29 is 14.4 Å². The number of nitriles is 1. The quantitative estimate of drug-likeness (QED) is 0.809. The lowest BCUT2D eigenvalue weighted by Gasteiger charge is -2.14. The summed E-state index contributed by atoms with van der Waals surface area (Å²) in [5.41, 5.74) is 2.85. The van der Waals surface area contributed by atoms with Crippen LogP contribution in [-0.4, -0.2) is 26.6 Å². The normalized spacial score (nSPS) is 11.4. The molecule has 2 aromatic carbocycles. The van der Waals surface area contributed by atoms with Crippen molar-refractivity contribution in [3.8, 4) is 11.8 Å². The summed E-state index contributed by atoms with van der Waals surface area (Å²) in [7, 11) is 3.63. The monoisotopic (exact) mass is 324 g/mol. The van der Waals surface area contributed by atoms with E-state index in [1.807, 2.05) is 55.6 Å². The molecule has 124 valence electrons. The zero-order chi connectivity index (χ0) is 17.4. The fourth-order valence-electron chi connectivity index (χ4n) is 2.43. The Hall–Kier alpha value is -2.84. The van der Waals surface area contributed by atoms with Gasteiger partial charge in [-0.05, 0) is 42.0 Å². The highest BCUT2D eigenvalue weighted by atomic mass is 16.5. The maximum absolute atomic E-state index is 12.1. The molecule has 0 aliphatic heterocycles. The fraction of sp³-hybridized carbons (Fsp3) is 0.263. The van der Waals surface area contributed by atoms with E-state index < -0.39 is 0 Å². The zero-order valence-electron chi connectivity index (χ0n) is 14.0. The van der Waals surface area contributed by atoms with E-state index in [4.69, 9.17) is 10.00 Å². The van der Waals surface area contributed by atoms with Crippen LogP contribution in [0, 0.1) is 11.3 Å². The van der Waals surface area contributed by atoms with Crippen molar-refractivity contribution in [2.45, 2.75) is 13.0 Å². The summed E-state index contributed by atoms with van der Waals surface area (Å²) in [5, 5.41) is 11.5. The van der Waals surface area contributed by atoms with Crippen molar-refractivity contribution in [2.24, 2.45) is 0 Å². The first-order chi connectivity index (χ1) is 11.6. The predicted molar refractivity (Wildman–Crippen MR) is 92.8 cm³/mol. The number of amides is 1. The minimum absolute atomic E-state index is 0.0333.